The lowest BCUT2D eigenvalue weighted by Crippen LogP contribution is -2.38. The lowest BCUT2D eigenvalue weighted by Gasteiger charge is -2.37. The van der Waals surface area contributed by atoms with E-state index in [1.54, 1.807) is 0 Å². The molecule has 3 heteroatoms. The van der Waals surface area contributed by atoms with Gasteiger partial charge < -0.3 is 5.32 Å². The molecule has 1 aliphatic rings. The van der Waals surface area contributed by atoms with Gasteiger partial charge in [-0.15, -0.1) is 0 Å². The zero-order valence-electron chi connectivity index (χ0n) is 12.6. The Labute approximate surface area is 117 Å². The van der Waals surface area contributed by atoms with Crippen LogP contribution in [-0.4, -0.2) is 22.9 Å². The molecule has 1 heterocycles. The number of hydrogen-bond acceptors (Lipinski definition) is 2. The average Bonchev–Trinajstić information content (AvgIpc) is 2.87. The van der Waals surface area contributed by atoms with Crippen LogP contribution < -0.4 is 5.32 Å². The lowest BCUT2D eigenvalue weighted by molar-refractivity contribution is 0.181. The van der Waals surface area contributed by atoms with Crippen LogP contribution in [0, 0.1) is 5.41 Å². The summed E-state index contributed by atoms with van der Waals surface area (Å²) in [5.41, 5.74) is 1.90. The van der Waals surface area contributed by atoms with Gasteiger partial charge in [-0.05, 0) is 50.1 Å². The van der Waals surface area contributed by atoms with Gasteiger partial charge in [0.2, 0.25) is 0 Å². The first kappa shape index (κ1) is 14.6. The number of aromatic nitrogens is 2. The molecule has 1 N–H and O–H groups in total. The molecule has 1 saturated carbocycles. The molecule has 1 aromatic heterocycles. The van der Waals surface area contributed by atoms with Crippen molar-refractivity contribution < 1.29 is 0 Å². The molecule has 0 aliphatic heterocycles. The van der Waals surface area contributed by atoms with Crippen molar-refractivity contribution in [1.29, 1.82) is 0 Å². The molecule has 1 aromatic rings. The van der Waals surface area contributed by atoms with Crippen molar-refractivity contribution in [2.45, 2.75) is 65.3 Å². The molecule has 0 radical (unpaired) electrons. The minimum absolute atomic E-state index is 0.481. The van der Waals surface area contributed by atoms with E-state index in [9.17, 15) is 0 Å². The Morgan fingerprint density at radius 2 is 2.05 bits per heavy atom. The number of nitrogens with one attached hydrogen (secondary N) is 1. The van der Waals surface area contributed by atoms with Gasteiger partial charge >= 0.3 is 0 Å². The molecule has 0 bridgehead atoms. The molecule has 3 nitrogen and oxygen atoms in total. The van der Waals surface area contributed by atoms with E-state index in [4.69, 9.17) is 0 Å². The Morgan fingerprint density at radius 3 is 2.68 bits per heavy atom. The molecule has 108 valence electrons. The summed E-state index contributed by atoms with van der Waals surface area (Å²) in [6.45, 7) is 7.69. The fourth-order valence-electron chi connectivity index (χ4n) is 3.35. The Hall–Kier alpha value is -0.830. The topological polar surface area (TPSA) is 29.9 Å². The van der Waals surface area contributed by atoms with Gasteiger partial charge in [0.25, 0.3) is 0 Å². The van der Waals surface area contributed by atoms with E-state index in [0.29, 0.717) is 5.41 Å². The normalized spacial score (nSPS) is 18.6. The number of rotatable bonds is 7. The predicted octanol–water partition coefficient (Wildman–Crippen LogP) is 3.40. The van der Waals surface area contributed by atoms with Gasteiger partial charge in [0.05, 0.1) is 6.20 Å². The van der Waals surface area contributed by atoms with Crippen LogP contribution in [0.25, 0.3) is 0 Å². The molecule has 0 atom stereocenters. The molecule has 0 aromatic carbocycles. The Bertz CT molecular complexity index is 364. The second-order valence-electron chi connectivity index (χ2n) is 6.12. The molecular weight excluding hydrogens is 234 g/mol. The fourth-order valence-corrected chi connectivity index (χ4v) is 3.35. The molecule has 19 heavy (non-hydrogen) atoms. The van der Waals surface area contributed by atoms with E-state index in [1.807, 2.05) is 4.68 Å². The molecule has 0 saturated heterocycles. The van der Waals surface area contributed by atoms with Gasteiger partial charge in [-0.25, -0.2) is 0 Å². The van der Waals surface area contributed by atoms with Crippen molar-refractivity contribution in [3.63, 3.8) is 0 Å². The van der Waals surface area contributed by atoms with Crippen LogP contribution in [0.4, 0.5) is 0 Å². The van der Waals surface area contributed by atoms with E-state index in [-0.39, 0.29) is 0 Å². The molecule has 0 amide bonds. The van der Waals surface area contributed by atoms with E-state index < -0.39 is 0 Å². The first-order valence-electron chi connectivity index (χ1n) is 8.00. The van der Waals surface area contributed by atoms with Gasteiger partial charge in [0.1, 0.15) is 0 Å². The van der Waals surface area contributed by atoms with Crippen LogP contribution in [0.5, 0.6) is 0 Å². The summed E-state index contributed by atoms with van der Waals surface area (Å²) < 4.78 is 2.05. The maximum absolute atomic E-state index is 4.42. The summed E-state index contributed by atoms with van der Waals surface area (Å²) in [5, 5.41) is 8.08. The molecule has 0 unspecified atom stereocenters. The van der Waals surface area contributed by atoms with Crippen molar-refractivity contribution in [2.24, 2.45) is 5.41 Å². The van der Waals surface area contributed by atoms with E-state index >= 15 is 0 Å². The van der Waals surface area contributed by atoms with Crippen molar-refractivity contribution >= 4 is 0 Å². The van der Waals surface area contributed by atoms with Crippen LogP contribution >= 0.6 is 0 Å². The van der Waals surface area contributed by atoms with Gasteiger partial charge in [-0.1, -0.05) is 26.2 Å². The van der Waals surface area contributed by atoms with Crippen molar-refractivity contribution in [2.75, 3.05) is 13.1 Å². The second-order valence-corrected chi connectivity index (χ2v) is 6.12. The minimum Gasteiger partial charge on any atom is -0.316 e. The number of aryl methyl sites for hydroxylation is 1. The Balaban J connectivity index is 1.99. The summed E-state index contributed by atoms with van der Waals surface area (Å²) in [7, 11) is 0. The van der Waals surface area contributed by atoms with E-state index in [0.717, 1.165) is 13.1 Å². The quantitative estimate of drug-likeness (QED) is 0.764. The maximum Gasteiger partial charge on any atom is 0.0521 e. The largest absolute Gasteiger partial charge is 0.316 e. The van der Waals surface area contributed by atoms with Crippen LogP contribution in [0.2, 0.25) is 0 Å². The van der Waals surface area contributed by atoms with Crippen LogP contribution in [0.1, 0.15) is 57.9 Å². The molecule has 0 spiro atoms. The summed E-state index contributed by atoms with van der Waals surface area (Å²) in [6.07, 6.45) is 13.7. The summed E-state index contributed by atoms with van der Waals surface area (Å²) in [6, 6.07) is 0. The highest BCUT2D eigenvalue weighted by Gasteiger charge is 2.32. The van der Waals surface area contributed by atoms with Gasteiger partial charge in [-0.3, -0.25) is 4.68 Å². The molecule has 2 rings (SSSR count). The van der Waals surface area contributed by atoms with Crippen LogP contribution in [0.3, 0.4) is 0 Å². The predicted molar refractivity (Wildman–Crippen MR) is 80.3 cm³/mol. The molecular formula is C16H29N3. The van der Waals surface area contributed by atoms with Crippen LogP contribution in [0.15, 0.2) is 12.4 Å². The van der Waals surface area contributed by atoms with Crippen molar-refractivity contribution in [3.05, 3.63) is 18.0 Å². The zero-order valence-corrected chi connectivity index (χ0v) is 12.6. The van der Waals surface area contributed by atoms with E-state index in [1.165, 1.54) is 57.1 Å². The van der Waals surface area contributed by atoms with Gasteiger partial charge in [0.15, 0.2) is 0 Å². The number of hydrogen-bond donors (Lipinski definition) is 1. The molecule has 1 fully saturated rings. The highest BCUT2D eigenvalue weighted by Crippen LogP contribution is 2.38. The third-order valence-corrected chi connectivity index (χ3v) is 4.43. The highest BCUT2D eigenvalue weighted by atomic mass is 15.3. The summed E-state index contributed by atoms with van der Waals surface area (Å²) in [5.74, 6) is 0. The highest BCUT2D eigenvalue weighted by molar-refractivity contribution is 5.08. The molecule has 1 aliphatic carbocycles. The average molecular weight is 263 g/mol. The zero-order chi connectivity index (χ0) is 13.6. The van der Waals surface area contributed by atoms with Gasteiger partial charge in [-0.2, -0.15) is 5.10 Å². The fraction of sp³-hybridized carbons (Fsp3) is 0.812. The van der Waals surface area contributed by atoms with E-state index in [2.05, 4.69) is 36.7 Å². The smallest absolute Gasteiger partial charge is 0.0521 e. The minimum atomic E-state index is 0.481. The maximum atomic E-state index is 4.42. The first-order chi connectivity index (χ1) is 9.28. The van der Waals surface area contributed by atoms with Gasteiger partial charge in [0, 0.05) is 19.3 Å². The summed E-state index contributed by atoms with van der Waals surface area (Å²) >= 11 is 0. The first-order valence-corrected chi connectivity index (χ1v) is 8.00. The Kier molecular flexibility index (Phi) is 5.44. The second kappa shape index (κ2) is 7.09. The monoisotopic (exact) mass is 263 g/mol. The Morgan fingerprint density at radius 1 is 1.26 bits per heavy atom. The van der Waals surface area contributed by atoms with Crippen molar-refractivity contribution in [3.8, 4) is 0 Å². The van der Waals surface area contributed by atoms with Crippen molar-refractivity contribution in [1.82, 2.24) is 15.1 Å². The third kappa shape index (κ3) is 4.07. The van der Waals surface area contributed by atoms with Crippen LogP contribution in [-0.2, 0) is 13.0 Å². The third-order valence-electron chi connectivity index (χ3n) is 4.43. The number of nitrogens with zero attached hydrogens (tertiary/aromatic N) is 2. The summed E-state index contributed by atoms with van der Waals surface area (Å²) in [4.78, 5) is 0. The SMILES string of the molecule is CCCNCC1(Cc2cnn(CC)c2)CCCCC1. The lowest BCUT2D eigenvalue weighted by atomic mass is 9.70. The standard InChI is InChI=1S/C16H29N3/c1-3-10-17-14-16(8-6-5-7-9-16)11-15-12-18-19(4-2)13-15/h12-13,17H,3-11,14H2,1-2H3.